The second-order valence-corrected chi connectivity index (χ2v) is 7.63. The molecule has 0 bridgehead atoms. The molecule has 1 aliphatic rings. The lowest BCUT2D eigenvalue weighted by Gasteiger charge is -2.19. The van der Waals surface area contributed by atoms with Gasteiger partial charge in [0.1, 0.15) is 5.70 Å². The van der Waals surface area contributed by atoms with Crippen molar-refractivity contribution in [1.29, 1.82) is 0 Å². The van der Waals surface area contributed by atoms with Crippen LogP contribution in [-0.4, -0.2) is 30.6 Å². The Balaban J connectivity index is 1.96. The molecule has 0 aliphatic carbocycles. The van der Waals surface area contributed by atoms with Crippen molar-refractivity contribution < 1.29 is 9.72 Å². The van der Waals surface area contributed by atoms with Gasteiger partial charge in [-0.3, -0.25) is 14.9 Å². The Labute approximate surface area is 190 Å². The second-order valence-electron chi connectivity index (χ2n) is 7.22. The van der Waals surface area contributed by atoms with E-state index in [4.69, 9.17) is 11.6 Å². The summed E-state index contributed by atoms with van der Waals surface area (Å²) in [6, 6.07) is 21.0. The summed E-state index contributed by atoms with van der Waals surface area (Å²) in [4.78, 5) is 32.2. The molecule has 0 spiro atoms. The summed E-state index contributed by atoms with van der Waals surface area (Å²) in [6.07, 6.45) is 1.64. The van der Waals surface area contributed by atoms with Crippen molar-refractivity contribution in [2.75, 3.05) is 23.9 Å². The minimum Gasteiger partial charge on any atom is -0.349 e. The van der Waals surface area contributed by atoms with Crippen LogP contribution in [0.1, 0.15) is 11.1 Å². The maximum absolute atomic E-state index is 13.3. The van der Waals surface area contributed by atoms with Crippen molar-refractivity contribution in [2.45, 2.75) is 0 Å². The first kappa shape index (κ1) is 21.3. The fourth-order valence-electron chi connectivity index (χ4n) is 3.49. The number of fused-ring (bicyclic) bond motifs is 1. The molecular formula is C24H19ClN4O3. The van der Waals surface area contributed by atoms with Crippen LogP contribution < -0.4 is 9.80 Å². The van der Waals surface area contributed by atoms with Gasteiger partial charge < -0.3 is 9.80 Å². The van der Waals surface area contributed by atoms with E-state index >= 15 is 0 Å². The van der Waals surface area contributed by atoms with Crippen LogP contribution in [0.25, 0.3) is 0 Å². The summed E-state index contributed by atoms with van der Waals surface area (Å²) in [5, 5.41) is 11.9. The van der Waals surface area contributed by atoms with Gasteiger partial charge in [-0.15, -0.1) is 0 Å². The zero-order valence-corrected chi connectivity index (χ0v) is 18.2. The first-order valence-corrected chi connectivity index (χ1v) is 10.1. The Morgan fingerprint density at radius 1 is 1.03 bits per heavy atom. The molecule has 4 rings (SSSR count). The number of anilines is 2. The third kappa shape index (κ3) is 3.98. The predicted molar refractivity (Wildman–Crippen MR) is 127 cm³/mol. The van der Waals surface area contributed by atoms with Crippen molar-refractivity contribution >= 4 is 40.3 Å². The highest BCUT2D eigenvalue weighted by molar-refractivity contribution is 6.36. The number of hydrogen-bond donors (Lipinski definition) is 0. The summed E-state index contributed by atoms with van der Waals surface area (Å²) in [6.45, 7) is 0. The number of benzodiazepines with no additional fused rings is 1. The molecule has 1 heterocycles. The maximum atomic E-state index is 13.3. The molecule has 0 atom stereocenters. The lowest BCUT2D eigenvalue weighted by molar-refractivity contribution is -0.384. The van der Waals surface area contributed by atoms with Crippen molar-refractivity contribution in [2.24, 2.45) is 4.99 Å². The van der Waals surface area contributed by atoms with Crippen LogP contribution in [0, 0.1) is 10.1 Å². The van der Waals surface area contributed by atoms with Crippen LogP contribution in [0.15, 0.2) is 89.7 Å². The quantitative estimate of drug-likeness (QED) is 0.319. The largest absolute Gasteiger partial charge is 0.349 e. The normalized spacial score (nSPS) is 14.6. The molecule has 1 aliphatic heterocycles. The number of halogens is 1. The lowest BCUT2D eigenvalue weighted by atomic mass is 9.99. The summed E-state index contributed by atoms with van der Waals surface area (Å²) in [5.74, 6) is -0.343. The Hall–Kier alpha value is -3.97. The molecule has 0 unspecified atom stereocenters. The second kappa shape index (κ2) is 8.64. The van der Waals surface area contributed by atoms with E-state index < -0.39 is 4.92 Å². The molecule has 1 amide bonds. The van der Waals surface area contributed by atoms with E-state index in [1.54, 1.807) is 48.5 Å². The van der Waals surface area contributed by atoms with Gasteiger partial charge in [0.25, 0.3) is 11.6 Å². The molecule has 0 N–H and O–H groups in total. The number of rotatable bonds is 4. The Bertz CT molecular complexity index is 1270. The van der Waals surface area contributed by atoms with Crippen LogP contribution in [0.2, 0.25) is 5.02 Å². The molecule has 0 aromatic heterocycles. The lowest BCUT2D eigenvalue weighted by Crippen LogP contribution is -2.28. The molecule has 8 heteroatoms. The summed E-state index contributed by atoms with van der Waals surface area (Å²) < 4.78 is 0. The molecule has 160 valence electrons. The van der Waals surface area contributed by atoms with Gasteiger partial charge in [-0.25, -0.2) is 4.99 Å². The van der Waals surface area contributed by atoms with Gasteiger partial charge in [0.05, 0.1) is 16.3 Å². The van der Waals surface area contributed by atoms with E-state index in [1.165, 1.54) is 17.0 Å². The van der Waals surface area contributed by atoms with E-state index in [0.29, 0.717) is 27.5 Å². The average molecular weight is 447 g/mol. The first-order valence-electron chi connectivity index (χ1n) is 9.77. The standard InChI is InChI=1S/C24H19ClN4O3/c1-27(16-8-4-3-5-9-16)15-21-24(30)28(2)22-13-12-17(29(31)32)14-19(22)23(26-21)18-10-6-7-11-20(18)25/h3-15H,1-2H3. The van der Waals surface area contributed by atoms with Gasteiger partial charge in [0, 0.05) is 54.3 Å². The van der Waals surface area contributed by atoms with E-state index in [1.807, 2.05) is 37.4 Å². The van der Waals surface area contributed by atoms with Gasteiger partial charge >= 0.3 is 0 Å². The fourth-order valence-corrected chi connectivity index (χ4v) is 3.72. The van der Waals surface area contributed by atoms with Gasteiger partial charge in [0.15, 0.2) is 0 Å². The highest BCUT2D eigenvalue weighted by Crippen LogP contribution is 2.33. The molecule has 0 radical (unpaired) electrons. The predicted octanol–water partition coefficient (Wildman–Crippen LogP) is 5.04. The van der Waals surface area contributed by atoms with E-state index in [2.05, 4.69) is 4.99 Å². The monoisotopic (exact) mass is 446 g/mol. The number of para-hydroxylation sites is 1. The molecule has 0 saturated heterocycles. The van der Waals surface area contributed by atoms with Gasteiger partial charge in [-0.05, 0) is 24.3 Å². The minimum absolute atomic E-state index is 0.0989. The highest BCUT2D eigenvalue weighted by atomic mass is 35.5. The third-order valence-corrected chi connectivity index (χ3v) is 5.50. The Morgan fingerprint density at radius 2 is 1.72 bits per heavy atom. The smallest absolute Gasteiger partial charge is 0.278 e. The van der Waals surface area contributed by atoms with Crippen LogP contribution >= 0.6 is 11.6 Å². The summed E-state index contributed by atoms with van der Waals surface area (Å²) in [5.41, 5.74) is 2.87. The zero-order chi connectivity index (χ0) is 22.8. The number of nitrogens with zero attached hydrogens (tertiary/aromatic N) is 4. The summed E-state index contributed by atoms with van der Waals surface area (Å²) >= 11 is 6.46. The Morgan fingerprint density at radius 3 is 2.41 bits per heavy atom. The minimum atomic E-state index is -0.475. The zero-order valence-electron chi connectivity index (χ0n) is 17.4. The van der Waals surface area contributed by atoms with Crippen molar-refractivity contribution in [3.8, 4) is 0 Å². The van der Waals surface area contributed by atoms with Crippen molar-refractivity contribution in [1.82, 2.24) is 0 Å². The number of benzene rings is 3. The summed E-state index contributed by atoms with van der Waals surface area (Å²) in [7, 11) is 3.44. The van der Waals surface area contributed by atoms with Crippen molar-refractivity contribution in [3.63, 3.8) is 0 Å². The van der Waals surface area contributed by atoms with Gasteiger partial charge in [-0.2, -0.15) is 0 Å². The number of carbonyl (C=O) groups is 1. The molecule has 32 heavy (non-hydrogen) atoms. The number of amides is 1. The number of nitro groups is 1. The van der Waals surface area contributed by atoms with Crippen LogP contribution in [0.4, 0.5) is 17.1 Å². The van der Waals surface area contributed by atoms with Crippen molar-refractivity contribution in [3.05, 3.63) is 111 Å². The maximum Gasteiger partial charge on any atom is 0.278 e. The SMILES string of the molecule is CN(C=C1N=C(c2ccccc2Cl)c2cc([N+](=O)[O-])ccc2N(C)C1=O)c1ccccc1. The van der Waals surface area contributed by atoms with E-state index in [0.717, 1.165) is 5.69 Å². The Kier molecular flexibility index (Phi) is 5.75. The number of aliphatic imine (C=N–C) groups is 1. The molecule has 3 aromatic rings. The first-order chi connectivity index (χ1) is 15.4. The number of carbonyl (C=O) groups excluding carboxylic acids is 1. The highest BCUT2D eigenvalue weighted by Gasteiger charge is 2.29. The average Bonchev–Trinajstić information content (AvgIpc) is 2.90. The van der Waals surface area contributed by atoms with Crippen LogP contribution in [-0.2, 0) is 4.79 Å². The molecule has 0 fully saturated rings. The number of hydrogen-bond acceptors (Lipinski definition) is 5. The number of non-ortho nitro benzene ring substituents is 1. The molecule has 7 nitrogen and oxygen atoms in total. The van der Waals surface area contributed by atoms with E-state index in [-0.39, 0.29) is 17.3 Å². The molecular weight excluding hydrogens is 428 g/mol. The van der Waals surface area contributed by atoms with Crippen LogP contribution in [0.5, 0.6) is 0 Å². The van der Waals surface area contributed by atoms with E-state index in [9.17, 15) is 14.9 Å². The molecule has 3 aromatic carbocycles. The fraction of sp³-hybridized carbons (Fsp3) is 0.0833. The van der Waals surface area contributed by atoms with Crippen LogP contribution in [0.3, 0.4) is 0 Å². The van der Waals surface area contributed by atoms with Gasteiger partial charge in [0.2, 0.25) is 0 Å². The number of likely N-dealkylation sites (N-methyl/N-ethyl adjacent to an activating group) is 1. The van der Waals surface area contributed by atoms with Gasteiger partial charge in [-0.1, -0.05) is 48.0 Å². The third-order valence-electron chi connectivity index (χ3n) is 5.17. The number of nitro benzene ring substituents is 1. The molecule has 0 saturated carbocycles. The topological polar surface area (TPSA) is 79.0 Å².